The van der Waals surface area contributed by atoms with E-state index in [0.717, 1.165) is 23.4 Å². The number of hydrogen-bond acceptors (Lipinski definition) is 4. The molecule has 0 atom stereocenters. The van der Waals surface area contributed by atoms with Crippen LogP contribution in [0.4, 0.5) is 0 Å². The van der Waals surface area contributed by atoms with Crippen LogP contribution in [0.2, 0.25) is 0 Å². The maximum atomic E-state index is 12.5. The lowest BCUT2D eigenvalue weighted by Gasteiger charge is -2.11. The van der Waals surface area contributed by atoms with Gasteiger partial charge in [0, 0.05) is 44.3 Å². The fourth-order valence-corrected chi connectivity index (χ4v) is 3.86. The molecule has 0 aliphatic rings. The first kappa shape index (κ1) is 17.4. The van der Waals surface area contributed by atoms with Crippen molar-refractivity contribution in [2.75, 3.05) is 6.54 Å². The SMILES string of the molecule is Cc1cc(S(=O)(=O)NCCCn2ccnc2)ccc1-c1ccnn1C. The molecule has 7 nitrogen and oxygen atoms in total. The van der Waals surface area contributed by atoms with E-state index in [1.54, 1.807) is 35.5 Å². The van der Waals surface area contributed by atoms with Crippen LogP contribution in [0.15, 0.2) is 54.1 Å². The summed E-state index contributed by atoms with van der Waals surface area (Å²) in [6.45, 7) is 3.00. The molecule has 0 radical (unpaired) electrons. The van der Waals surface area contributed by atoms with E-state index in [0.29, 0.717) is 13.0 Å². The first-order valence-corrected chi connectivity index (χ1v) is 9.50. The topological polar surface area (TPSA) is 81.8 Å². The summed E-state index contributed by atoms with van der Waals surface area (Å²) in [6.07, 6.45) is 7.70. The Balaban J connectivity index is 1.67. The number of aryl methyl sites for hydroxylation is 3. The molecular formula is C17H21N5O2S. The van der Waals surface area contributed by atoms with Gasteiger partial charge in [0.05, 0.1) is 16.9 Å². The first-order valence-electron chi connectivity index (χ1n) is 8.02. The van der Waals surface area contributed by atoms with Gasteiger partial charge in [-0.3, -0.25) is 4.68 Å². The number of aromatic nitrogens is 4. The highest BCUT2D eigenvalue weighted by molar-refractivity contribution is 7.89. The van der Waals surface area contributed by atoms with E-state index >= 15 is 0 Å². The Labute approximate surface area is 147 Å². The van der Waals surface area contributed by atoms with Gasteiger partial charge in [0.25, 0.3) is 0 Å². The predicted octanol–water partition coefficient (Wildman–Crippen LogP) is 1.96. The molecule has 3 aromatic rings. The molecule has 2 aromatic heterocycles. The zero-order chi connectivity index (χ0) is 17.9. The van der Waals surface area contributed by atoms with E-state index in [1.807, 2.05) is 36.9 Å². The van der Waals surface area contributed by atoms with Gasteiger partial charge in [0.1, 0.15) is 0 Å². The van der Waals surface area contributed by atoms with Gasteiger partial charge in [-0.1, -0.05) is 6.07 Å². The molecule has 132 valence electrons. The molecule has 1 N–H and O–H groups in total. The van der Waals surface area contributed by atoms with Crippen molar-refractivity contribution in [2.24, 2.45) is 7.05 Å². The number of hydrogen-bond donors (Lipinski definition) is 1. The second-order valence-corrected chi connectivity index (χ2v) is 7.64. The lowest BCUT2D eigenvalue weighted by molar-refractivity contribution is 0.569. The van der Waals surface area contributed by atoms with Gasteiger partial charge in [-0.05, 0) is 37.1 Å². The third kappa shape index (κ3) is 3.97. The number of imidazole rings is 1. The molecule has 25 heavy (non-hydrogen) atoms. The number of rotatable bonds is 7. The first-order chi connectivity index (χ1) is 12.0. The highest BCUT2D eigenvalue weighted by atomic mass is 32.2. The molecule has 0 bridgehead atoms. The van der Waals surface area contributed by atoms with Crippen molar-refractivity contribution in [3.05, 3.63) is 54.7 Å². The van der Waals surface area contributed by atoms with Crippen LogP contribution in [0.3, 0.4) is 0 Å². The van der Waals surface area contributed by atoms with Crippen molar-refractivity contribution >= 4 is 10.0 Å². The molecule has 0 spiro atoms. The summed E-state index contributed by atoms with van der Waals surface area (Å²) < 4.78 is 31.3. The number of benzene rings is 1. The van der Waals surface area contributed by atoms with Crippen LogP contribution in [0.5, 0.6) is 0 Å². The average Bonchev–Trinajstić information content (AvgIpc) is 3.23. The average molecular weight is 359 g/mol. The third-order valence-corrected chi connectivity index (χ3v) is 5.51. The predicted molar refractivity (Wildman–Crippen MR) is 95.4 cm³/mol. The number of sulfonamides is 1. The van der Waals surface area contributed by atoms with Crippen molar-refractivity contribution in [3.8, 4) is 11.3 Å². The van der Waals surface area contributed by atoms with Crippen LogP contribution in [-0.2, 0) is 23.6 Å². The van der Waals surface area contributed by atoms with E-state index in [-0.39, 0.29) is 4.90 Å². The number of nitrogens with zero attached hydrogens (tertiary/aromatic N) is 4. The molecule has 1 aromatic carbocycles. The van der Waals surface area contributed by atoms with Crippen LogP contribution in [-0.4, -0.2) is 34.3 Å². The minimum Gasteiger partial charge on any atom is -0.337 e. The van der Waals surface area contributed by atoms with Gasteiger partial charge >= 0.3 is 0 Å². The number of nitrogens with one attached hydrogen (secondary N) is 1. The Kier molecular flexibility index (Phi) is 5.00. The zero-order valence-electron chi connectivity index (χ0n) is 14.3. The van der Waals surface area contributed by atoms with Crippen molar-refractivity contribution < 1.29 is 8.42 Å². The molecule has 0 amide bonds. The standard InChI is InChI=1S/C17H21N5O2S/c1-14-12-15(4-5-16(14)17-6-8-19-21(17)2)25(23,24)20-7-3-10-22-11-9-18-13-22/h4-6,8-9,11-13,20H,3,7,10H2,1-2H3. The van der Waals surface area contributed by atoms with Crippen LogP contribution in [0, 0.1) is 6.92 Å². The smallest absolute Gasteiger partial charge is 0.240 e. The second kappa shape index (κ2) is 7.20. The van der Waals surface area contributed by atoms with Gasteiger partial charge in [-0.2, -0.15) is 5.10 Å². The summed E-state index contributed by atoms with van der Waals surface area (Å²) in [4.78, 5) is 4.24. The Bertz CT molecular complexity index is 945. The molecule has 0 unspecified atom stereocenters. The normalized spacial score (nSPS) is 11.8. The van der Waals surface area contributed by atoms with Crippen molar-refractivity contribution in [1.29, 1.82) is 0 Å². The summed E-state index contributed by atoms with van der Waals surface area (Å²) in [7, 11) is -1.65. The fraction of sp³-hybridized carbons (Fsp3) is 0.294. The Morgan fingerprint density at radius 3 is 2.68 bits per heavy atom. The van der Waals surface area contributed by atoms with Crippen LogP contribution < -0.4 is 4.72 Å². The Hall–Kier alpha value is -2.45. The summed E-state index contributed by atoms with van der Waals surface area (Å²) >= 11 is 0. The molecule has 0 aliphatic carbocycles. The lowest BCUT2D eigenvalue weighted by atomic mass is 10.1. The van der Waals surface area contributed by atoms with Crippen molar-refractivity contribution in [3.63, 3.8) is 0 Å². The fourth-order valence-electron chi connectivity index (χ4n) is 2.70. The van der Waals surface area contributed by atoms with Crippen LogP contribution in [0.1, 0.15) is 12.0 Å². The molecule has 2 heterocycles. The van der Waals surface area contributed by atoms with Gasteiger partial charge < -0.3 is 4.57 Å². The van der Waals surface area contributed by atoms with E-state index in [9.17, 15) is 8.42 Å². The quantitative estimate of drug-likeness (QED) is 0.654. The largest absolute Gasteiger partial charge is 0.337 e. The van der Waals surface area contributed by atoms with E-state index < -0.39 is 10.0 Å². The summed E-state index contributed by atoms with van der Waals surface area (Å²) in [6, 6.07) is 7.06. The van der Waals surface area contributed by atoms with Crippen molar-refractivity contribution in [2.45, 2.75) is 24.8 Å². The zero-order valence-corrected chi connectivity index (χ0v) is 15.1. The highest BCUT2D eigenvalue weighted by Gasteiger charge is 2.15. The molecule has 8 heteroatoms. The molecular weight excluding hydrogens is 338 g/mol. The summed E-state index contributed by atoms with van der Waals surface area (Å²) in [5.41, 5.74) is 2.82. The summed E-state index contributed by atoms with van der Waals surface area (Å²) in [5, 5.41) is 4.16. The third-order valence-electron chi connectivity index (χ3n) is 4.05. The minimum absolute atomic E-state index is 0.276. The van der Waals surface area contributed by atoms with Gasteiger partial charge in [-0.15, -0.1) is 0 Å². The molecule has 3 rings (SSSR count). The second-order valence-electron chi connectivity index (χ2n) is 5.87. The maximum absolute atomic E-state index is 12.5. The monoisotopic (exact) mass is 359 g/mol. The molecule has 0 saturated carbocycles. The van der Waals surface area contributed by atoms with Gasteiger partial charge in [-0.25, -0.2) is 18.1 Å². The Morgan fingerprint density at radius 2 is 2.04 bits per heavy atom. The van der Waals surface area contributed by atoms with Crippen LogP contribution >= 0.6 is 0 Å². The maximum Gasteiger partial charge on any atom is 0.240 e. The van der Waals surface area contributed by atoms with E-state index in [1.165, 1.54) is 0 Å². The lowest BCUT2D eigenvalue weighted by Crippen LogP contribution is -2.25. The molecule has 0 aliphatic heterocycles. The van der Waals surface area contributed by atoms with Gasteiger partial charge in [0.15, 0.2) is 0 Å². The van der Waals surface area contributed by atoms with E-state index in [4.69, 9.17) is 0 Å². The van der Waals surface area contributed by atoms with E-state index in [2.05, 4.69) is 14.8 Å². The Morgan fingerprint density at radius 1 is 1.20 bits per heavy atom. The van der Waals surface area contributed by atoms with Crippen LogP contribution in [0.25, 0.3) is 11.3 Å². The summed E-state index contributed by atoms with van der Waals surface area (Å²) in [5.74, 6) is 0. The highest BCUT2D eigenvalue weighted by Crippen LogP contribution is 2.25. The van der Waals surface area contributed by atoms with Gasteiger partial charge in [0.2, 0.25) is 10.0 Å². The molecule has 0 fully saturated rings. The van der Waals surface area contributed by atoms with Crippen molar-refractivity contribution in [1.82, 2.24) is 24.1 Å². The molecule has 0 saturated heterocycles. The minimum atomic E-state index is -3.52.